The standard InChI is InChI=1S/C22H30O4/c1-4-5-16-22(2,3)20(24)15-13-17-12-14-19(23)18(17)10-8-6-7-9-11-21(25)26/h6,8,12-15,17-18,20,24H,7,9-11,16H2,1-3H3,(H,25,26)/t17-,18-,20-/m1/s1. The Kier molecular flexibility index (Phi) is 9.09. The van der Waals surface area contributed by atoms with Gasteiger partial charge in [-0.15, -0.1) is 11.8 Å². The van der Waals surface area contributed by atoms with E-state index in [9.17, 15) is 14.7 Å². The Bertz CT molecular complexity index is 628. The van der Waals surface area contributed by atoms with Crippen LogP contribution in [0.15, 0.2) is 36.5 Å². The van der Waals surface area contributed by atoms with E-state index in [-0.39, 0.29) is 29.5 Å². The summed E-state index contributed by atoms with van der Waals surface area (Å²) in [5.74, 6) is 5.00. The summed E-state index contributed by atoms with van der Waals surface area (Å²) in [7, 11) is 0. The average molecular weight is 358 g/mol. The van der Waals surface area contributed by atoms with Gasteiger partial charge >= 0.3 is 5.97 Å². The molecule has 2 N–H and O–H groups in total. The molecule has 4 heteroatoms. The van der Waals surface area contributed by atoms with Crippen LogP contribution in [-0.4, -0.2) is 28.1 Å². The molecule has 0 saturated heterocycles. The van der Waals surface area contributed by atoms with E-state index in [1.807, 2.05) is 38.2 Å². The molecule has 0 unspecified atom stereocenters. The summed E-state index contributed by atoms with van der Waals surface area (Å²) in [6.07, 6.45) is 13.1. The van der Waals surface area contributed by atoms with Gasteiger partial charge in [-0.1, -0.05) is 44.2 Å². The van der Waals surface area contributed by atoms with Crippen LogP contribution in [0.2, 0.25) is 0 Å². The summed E-state index contributed by atoms with van der Waals surface area (Å²) >= 11 is 0. The van der Waals surface area contributed by atoms with Gasteiger partial charge in [-0.3, -0.25) is 9.59 Å². The van der Waals surface area contributed by atoms with Crippen LogP contribution in [0.3, 0.4) is 0 Å². The van der Waals surface area contributed by atoms with Crippen LogP contribution in [0.4, 0.5) is 0 Å². The molecule has 0 aromatic carbocycles. The third kappa shape index (κ3) is 7.41. The van der Waals surface area contributed by atoms with E-state index < -0.39 is 12.1 Å². The van der Waals surface area contributed by atoms with Crippen molar-refractivity contribution in [2.24, 2.45) is 17.3 Å². The number of carboxylic acids is 1. The third-order valence-corrected chi connectivity index (χ3v) is 4.67. The molecule has 3 atom stereocenters. The number of carbonyl (C=O) groups excluding carboxylic acids is 1. The predicted octanol–water partition coefficient (Wildman–Crippen LogP) is 3.92. The van der Waals surface area contributed by atoms with Crippen molar-refractivity contribution in [3.05, 3.63) is 36.5 Å². The van der Waals surface area contributed by atoms with Crippen LogP contribution < -0.4 is 0 Å². The lowest BCUT2D eigenvalue weighted by atomic mass is 9.82. The number of rotatable bonds is 10. The SMILES string of the molecule is CC#CCC(C)(C)[C@H](O)C=C[C@H]1C=CC(=O)[C@@H]1CC=CCCCC(=O)O. The van der Waals surface area contributed by atoms with E-state index in [0.717, 1.165) is 0 Å². The number of carbonyl (C=O) groups is 2. The number of aliphatic hydroxyl groups is 1. The van der Waals surface area contributed by atoms with Gasteiger partial charge < -0.3 is 10.2 Å². The molecule has 1 rings (SSSR count). The van der Waals surface area contributed by atoms with Gasteiger partial charge in [0.05, 0.1) is 6.10 Å². The van der Waals surface area contributed by atoms with E-state index in [1.54, 1.807) is 19.1 Å². The highest BCUT2D eigenvalue weighted by Crippen LogP contribution is 2.30. The molecule has 0 heterocycles. The lowest BCUT2D eigenvalue weighted by molar-refractivity contribution is -0.137. The first-order chi connectivity index (χ1) is 12.3. The number of aliphatic hydroxyl groups excluding tert-OH is 1. The van der Waals surface area contributed by atoms with Crippen molar-refractivity contribution >= 4 is 11.8 Å². The summed E-state index contributed by atoms with van der Waals surface area (Å²) in [4.78, 5) is 22.5. The quantitative estimate of drug-likeness (QED) is 0.353. The van der Waals surface area contributed by atoms with Gasteiger partial charge in [0.25, 0.3) is 0 Å². The molecule has 0 radical (unpaired) electrons. The fraction of sp³-hybridized carbons (Fsp3) is 0.545. The molecule has 0 aromatic heterocycles. The lowest BCUT2D eigenvalue weighted by Crippen LogP contribution is -2.27. The normalized spacial score (nSPS) is 21.3. The second-order valence-electron chi connectivity index (χ2n) is 7.36. The number of unbranched alkanes of at least 4 members (excludes halogenated alkanes) is 1. The Labute approximate surface area is 156 Å². The number of carboxylic acid groups (broad SMARTS) is 1. The van der Waals surface area contributed by atoms with Gasteiger partial charge in [-0.25, -0.2) is 0 Å². The minimum absolute atomic E-state index is 0.0196. The van der Waals surface area contributed by atoms with Gasteiger partial charge in [-0.05, 0) is 32.3 Å². The molecule has 0 amide bonds. The topological polar surface area (TPSA) is 74.6 Å². The average Bonchev–Trinajstić information content (AvgIpc) is 2.93. The fourth-order valence-corrected chi connectivity index (χ4v) is 2.77. The highest BCUT2D eigenvalue weighted by atomic mass is 16.4. The highest BCUT2D eigenvalue weighted by Gasteiger charge is 2.29. The zero-order chi connectivity index (χ0) is 19.6. The van der Waals surface area contributed by atoms with E-state index in [2.05, 4.69) is 11.8 Å². The second-order valence-corrected chi connectivity index (χ2v) is 7.36. The van der Waals surface area contributed by atoms with Gasteiger partial charge in [0.2, 0.25) is 0 Å². The molecule has 4 nitrogen and oxygen atoms in total. The Hall–Kier alpha value is -2.12. The van der Waals surface area contributed by atoms with Crippen molar-refractivity contribution in [2.75, 3.05) is 0 Å². The highest BCUT2D eigenvalue weighted by molar-refractivity contribution is 5.95. The molecule has 0 spiro atoms. The van der Waals surface area contributed by atoms with Gasteiger partial charge in [-0.2, -0.15) is 0 Å². The number of hydrogen-bond acceptors (Lipinski definition) is 3. The van der Waals surface area contributed by atoms with Crippen LogP contribution in [0.5, 0.6) is 0 Å². The summed E-state index contributed by atoms with van der Waals surface area (Å²) in [5, 5.41) is 19.0. The molecular formula is C22H30O4. The number of hydrogen-bond donors (Lipinski definition) is 2. The molecule has 0 fully saturated rings. The zero-order valence-corrected chi connectivity index (χ0v) is 15.9. The minimum Gasteiger partial charge on any atom is -0.481 e. The van der Waals surface area contributed by atoms with Crippen LogP contribution in [0, 0.1) is 29.1 Å². The molecule has 0 aliphatic heterocycles. The smallest absolute Gasteiger partial charge is 0.303 e. The summed E-state index contributed by atoms with van der Waals surface area (Å²) in [5.41, 5.74) is -0.342. The zero-order valence-electron chi connectivity index (χ0n) is 15.9. The Morgan fingerprint density at radius 3 is 2.77 bits per heavy atom. The lowest BCUT2D eigenvalue weighted by Gasteiger charge is -2.26. The van der Waals surface area contributed by atoms with Crippen LogP contribution in [0.1, 0.15) is 52.9 Å². The van der Waals surface area contributed by atoms with E-state index in [1.165, 1.54) is 0 Å². The van der Waals surface area contributed by atoms with E-state index in [0.29, 0.717) is 25.7 Å². The molecule has 1 aliphatic carbocycles. The first-order valence-corrected chi connectivity index (χ1v) is 9.12. The first-order valence-electron chi connectivity index (χ1n) is 9.12. The van der Waals surface area contributed by atoms with E-state index in [4.69, 9.17) is 5.11 Å². The van der Waals surface area contributed by atoms with Gasteiger partial charge in [0.15, 0.2) is 5.78 Å². The monoisotopic (exact) mass is 358 g/mol. The van der Waals surface area contributed by atoms with Crippen LogP contribution >= 0.6 is 0 Å². The summed E-state index contributed by atoms with van der Waals surface area (Å²) in [6.45, 7) is 5.73. The predicted molar refractivity (Wildman–Crippen MR) is 103 cm³/mol. The number of allylic oxidation sites excluding steroid dienone is 5. The van der Waals surface area contributed by atoms with Crippen molar-refractivity contribution in [3.8, 4) is 11.8 Å². The second kappa shape index (κ2) is 10.8. The first kappa shape index (κ1) is 21.9. The molecule has 142 valence electrons. The molecule has 0 bridgehead atoms. The van der Waals surface area contributed by atoms with Crippen molar-refractivity contribution < 1.29 is 19.8 Å². The Morgan fingerprint density at radius 2 is 2.12 bits per heavy atom. The molecule has 26 heavy (non-hydrogen) atoms. The largest absolute Gasteiger partial charge is 0.481 e. The Morgan fingerprint density at radius 1 is 1.38 bits per heavy atom. The van der Waals surface area contributed by atoms with Gasteiger partial charge in [0.1, 0.15) is 0 Å². The van der Waals surface area contributed by atoms with Crippen molar-refractivity contribution in [1.29, 1.82) is 0 Å². The summed E-state index contributed by atoms with van der Waals surface area (Å²) < 4.78 is 0. The molecule has 0 aromatic rings. The third-order valence-electron chi connectivity index (χ3n) is 4.67. The maximum absolute atomic E-state index is 12.1. The van der Waals surface area contributed by atoms with Crippen molar-refractivity contribution in [1.82, 2.24) is 0 Å². The molecule has 0 saturated carbocycles. The van der Waals surface area contributed by atoms with Crippen molar-refractivity contribution in [3.63, 3.8) is 0 Å². The minimum atomic E-state index is -0.787. The number of aliphatic carboxylic acids is 1. The van der Waals surface area contributed by atoms with Crippen LogP contribution in [-0.2, 0) is 9.59 Å². The molecular weight excluding hydrogens is 328 g/mol. The van der Waals surface area contributed by atoms with Crippen molar-refractivity contribution in [2.45, 2.75) is 59.0 Å². The molecule has 1 aliphatic rings. The van der Waals surface area contributed by atoms with E-state index >= 15 is 0 Å². The van der Waals surface area contributed by atoms with Crippen LogP contribution in [0.25, 0.3) is 0 Å². The number of ketones is 1. The summed E-state index contributed by atoms with van der Waals surface area (Å²) in [6, 6.07) is 0. The maximum atomic E-state index is 12.1. The maximum Gasteiger partial charge on any atom is 0.303 e. The fourth-order valence-electron chi connectivity index (χ4n) is 2.77. The Balaban J connectivity index is 2.57. The van der Waals surface area contributed by atoms with Gasteiger partial charge in [0, 0.05) is 30.1 Å².